The van der Waals surface area contributed by atoms with Crippen LogP contribution in [0.1, 0.15) is 76.7 Å². The smallest absolute Gasteiger partial charge is 0.0543 e. The molecule has 0 saturated carbocycles. The van der Waals surface area contributed by atoms with Gasteiger partial charge in [0.1, 0.15) is 0 Å². The number of hydrogen-bond donors (Lipinski definition) is 1. The maximum absolute atomic E-state index is 6.22. The Morgan fingerprint density at radius 3 is 1.86 bits per heavy atom. The summed E-state index contributed by atoms with van der Waals surface area (Å²) in [4.78, 5) is 0.758. The molecule has 1 aromatic carbocycles. The highest BCUT2D eigenvalue weighted by Gasteiger charge is 2.05. The van der Waals surface area contributed by atoms with E-state index in [9.17, 15) is 0 Å². The SMILES string of the molecule is CCCCCCCCCCCCc1cc(Cl)c(S)cc1Cl. The standard InChI is InChI=1S/C18H28Cl2S/c1-2-3-4-5-6-7-8-9-10-11-12-15-13-17(20)18(21)14-16(15)19/h13-14,21H,2-12H2,1H3. The molecule has 0 N–H and O–H groups in total. The second-order valence-electron chi connectivity index (χ2n) is 5.83. The molecule has 0 amide bonds. The van der Waals surface area contributed by atoms with Gasteiger partial charge in [0, 0.05) is 9.92 Å². The van der Waals surface area contributed by atoms with Gasteiger partial charge in [-0.05, 0) is 30.5 Å². The van der Waals surface area contributed by atoms with E-state index in [-0.39, 0.29) is 0 Å². The molecule has 0 aliphatic carbocycles. The van der Waals surface area contributed by atoms with E-state index in [1.54, 1.807) is 0 Å². The van der Waals surface area contributed by atoms with Gasteiger partial charge in [0.05, 0.1) is 5.02 Å². The van der Waals surface area contributed by atoms with Gasteiger partial charge in [0.2, 0.25) is 0 Å². The van der Waals surface area contributed by atoms with Crippen LogP contribution in [0.3, 0.4) is 0 Å². The largest absolute Gasteiger partial charge is 0.142 e. The predicted molar refractivity (Wildman–Crippen MR) is 99.3 cm³/mol. The Hall–Kier alpha value is 0.150. The molecule has 0 fully saturated rings. The molecule has 21 heavy (non-hydrogen) atoms. The first kappa shape index (κ1) is 19.2. The summed E-state index contributed by atoms with van der Waals surface area (Å²) in [7, 11) is 0. The second kappa shape index (κ2) is 11.7. The number of rotatable bonds is 11. The van der Waals surface area contributed by atoms with Crippen molar-refractivity contribution >= 4 is 35.8 Å². The molecule has 1 rings (SSSR count). The molecule has 0 saturated heterocycles. The highest BCUT2D eigenvalue weighted by Crippen LogP contribution is 2.28. The van der Waals surface area contributed by atoms with Crippen LogP contribution in [0.15, 0.2) is 17.0 Å². The minimum atomic E-state index is 0.699. The van der Waals surface area contributed by atoms with Crippen LogP contribution in [-0.4, -0.2) is 0 Å². The lowest BCUT2D eigenvalue weighted by atomic mass is 10.0. The summed E-state index contributed by atoms with van der Waals surface area (Å²) < 4.78 is 0. The lowest BCUT2D eigenvalue weighted by molar-refractivity contribution is 0.556. The van der Waals surface area contributed by atoms with Crippen molar-refractivity contribution in [2.75, 3.05) is 0 Å². The van der Waals surface area contributed by atoms with E-state index in [0.717, 1.165) is 21.9 Å². The van der Waals surface area contributed by atoms with Crippen LogP contribution in [0, 0.1) is 0 Å². The lowest BCUT2D eigenvalue weighted by Crippen LogP contribution is -1.89. The summed E-state index contributed by atoms with van der Waals surface area (Å²) in [6.07, 6.45) is 14.6. The van der Waals surface area contributed by atoms with Gasteiger partial charge >= 0.3 is 0 Å². The molecule has 0 aromatic heterocycles. The third kappa shape index (κ3) is 8.38. The van der Waals surface area contributed by atoms with Gasteiger partial charge in [-0.3, -0.25) is 0 Å². The summed E-state index contributed by atoms with van der Waals surface area (Å²) in [6.45, 7) is 2.27. The Morgan fingerprint density at radius 1 is 0.762 bits per heavy atom. The zero-order valence-corrected chi connectivity index (χ0v) is 15.5. The molecule has 0 atom stereocenters. The zero-order valence-electron chi connectivity index (χ0n) is 13.1. The fourth-order valence-electron chi connectivity index (χ4n) is 2.57. The quantitative estimate of drug-likeness (QED) is 0.307. The zero-order chi connectivity index (χ0) is 15.5. The van der Waals surface area contributed by atoms with Gasteiger partial charge in [0.15, 0.2) is 0 Å². The van der Waals surface area contributed by atoms with E-state index < -0.39 is 0 Å². The Morgan fingerprint density at radius 2 is 1.29 bits per heavy atom. The molecule has 0 radical (unpaired) electrons. The van der Waals surface area contributed by atoms with Crippen molar-refractivity contribution in [3.8, 4) is 0 Å². The van der Waals surface area contributed by atoms with E-state index >= 15 is 0 Å². The van der Waals surface area contributed by atoms with E-state index in [1.807, 2.05) is 12.1 Å². The summed E-state index contributed by atoms with van der Waals surface area (Å²) >= 11 is 16.6. The van der Waals surface area contributed by atoms with E-state index in [0.29, 0.717) is 5.02 Å². The molecule has 0 heterocycles. The van der Waals surface area contributed by atoms with E-state index in [4.69, 9.17) is 23.2 Å². The van der Waals surface area contributed by atoms with Gasteiger partial charge in [-0.15, -0.1) is 12.6 Å². The number of aryl methyl sites for hydroxylation is 1. The van der Waals surface area contributed by atoms with Gasteiger partial charge < -0.3 is 0 Å². The minimum absolute atomic E-state index is 0.699. The van der Waals surface area contributed by atoms with E-state index in [2.05, 4.69) is 19.6 Å². The maximum atomic E-state index is 6.22. The summed E-state index contributed by atoms with van der Waals surface area (Å²) in [5.41, 5.74) is 1.15. The molecular weight excluding hydrogens is 319 g/mol. The van der Waals surface area contributed by atoms with Gasteiger partial charge in [-0.1, -0.05) is 87.9 Å². The highest BCUT2D eigenvalue weighted by atomic mass is 35.5. The van der Waals surface area contributed by atoms with Crippen molar-refractivity contribution in [1.82, 2.24) is 0 Å². The van der Waals surface area contributed by atoms with Crippen molar-refractivity contribution in [3.63, 3.8) is 0 Å². The van der Waals surface area contributed by atoms with Crippen molar-refractivity contribution in [3.05, 3.63) is 27.7 Å². The Balaban J connectivity index is 2.05. The lowest BCUT2D eigenvalue weighted by Gasteiger charge is -2.07. The minimum Gasteiger partial charge on any atom is -0.142 e. The average Bonchev–Trinajstić information content (AvgIpc) is 2.46. The number of benzene rings is 1. The van der Waals surface area contributed by atoms with Crippen LogP contribution in [0.25, 0.3) is 0 Å². The Labute approximate surface area is 146 Å². The Kier molecular flexibility index (Phi) is 10.7. The number of halogens is 2. The first-order chi connectivity index (χ1) is 10.1. The fourth-order valence-corrected chi connectivity index (χ4v) is 3.29. The molecule has 120 valence electrons. The van der Waals surface area contributed by atoms with Crippen LogP contribution in [0.2, 0.25) is 10.0 Å². The number of thiol groups is 1. The fraction of sp³-hybridized carbons (Fsp3) is 0.667. The van der Waals surface area contributed by atoms with Crippen LogP contribution in [-0.2, 0) is 6.42 Å². The predicted octanol–water partition coefficient (Wildman–Crippen LogP) is 7.75. The second-order valence-corrected chi connectivity index (χ2v) is 7.12. The first-order valence-corrected chi connectivity index (χ1v) is 9.52. The van der Waals surface area contributed by atoms with Crippen LogP contribution >= 0.6 is 35.8 Å². The molecular formula is C18H28Cl2S. The molecule has 3 heteroatoms. The average molecular weight is 347 g/mol. The van der Waals surface area contributed by atoms with E-state index in [1.165, 1.54) is 64.2 Å². The normalized spacial score (nSPS) is 11.0. The van der Waals surface area contributed by atoms with Crippen molar-refractivity contribution in [2.24, 2.45) is 0 Å². The van der Waals surface area contributed by atoms with Gasteiger partial charge in [-0.2, -0.15) is 0 Å². The summed E-state index contributed by atoms with van der Waals surface area (Å²) in [6, 6.07) is 3.80. The number of hydrogen-bond acceptors (Lipinski definition) is 1. The van der Waals surface area contributed by atoms with Crippen molar-refractivity contribution in [2.45, 2.75) is 82.4 Å². The first-order valence-electron chi connectivity index (χ1n) is 8.32. The molecule has 0 aliphatic rings. The third-order valence-electron chi connectivity index (χ3n) is 3.92. The molecule has 0 unspecified atom stereocenters. The van der Waals surface area contributed by atoms with Crippen molar-refractivity contribution in [1.29, 1.82) is 0 Å². The Bertz CT molecular complexity index is 404. The van der Waals surface area contributed by atoms with Gasteiger partial charge in [-0.25, -0.2) is 0 Å². The third-order valence-corrected chi connectivity index (χ3v) is 5.08. The summed E-state index contributed by atoms with van der Waals surface area (Å²) in [5.74, 6) is 0. The van der Waals surface area contributed by atoms with Crippen LogP contribution in [0.4, 0.5) is 0 Å². The monoisotopic (exact) mass is 346 g/mol. The molecule has 0 spiro atoms. The molecule has 1 aromatic rings. The van der Waals surface area contributed by atoms with Crippen molar-refractivity contribution < 1.29 is 0 Å². The highest BCUT2D eigenvalue weighted by molar-refractivity contribution is 7.80. The van der Waals surface area contributed by atoms with Crippen LogP contribution in [0.5, 0.6) is 0 Å². The maximum Gasteiger partial charge on any atom is 0.0543 e. The molecule has 0 aliphatic heterocycles. The molecule has 0 bridgehead atoms. The summed E-state index contributed by atoms with van der Waals surface area (Å²) in [5, 5.41) is 1.49. The van der Waals surface area contributed by atoms with Crippen LogP contribution < -0.4 is 0 Å². The van der Waals surface area contributed by atoms with Gasteiger partial charge in [0.25, 0.3) is 0 Å². The topological polar surface area (TPSA) is 0 Å². The number of unbranched alkanes of at least 4 members (excludes halogenated alkanes) is 9. The molecule has 0 nitrogen and oxygen atoms in total.